The van der Waals surface area contributed by atoms with Crippen molar-refractivity contribution in [2.45, 2.75) is 6.04 Å². The Balaban J connectivity index is 3.25. The van der Waals surface area contributed by atoms with Crippen molar-refractivity contribution in [1.82, 2.24) is 0 Å². The molecular formula is C8H8ClF2NO. The highest BCUT2D eigenvalue weighted by Gasteiger charge is 2.17. The third kappa shape index (κ3) is 1.96. The summed E-state index contributed by atoms with van der Waals surface area (Å²) in [4.78, 5) is 0. The van der Waals surface area contributed by atoms with Gasteiger partial charge in [-0.25, -0.2) is 8.78 Å². The number of hydrogen-bond acceptors (Lipinski definition) is 2. The first kappa shape index (κ1) is 10.4. The van der Waals surface area contributed by atoms with Crippen LogP contribution >= 0.6 is 11.6 Å². The van der Waals surface area contributed by atoms with Gasteiger partial charge in [0.25, 0.3) is 0 Å². The Morgan fingerprint density at radius 3 is 2.46 bits per heavy atom. The molecule has 0 amide bonds. The third-order valence-electron chi connectivity index (χ3n) is 1.65. The summed E-state index contributed by atoms with van der Waals surface area (Å²) in [6, 6.07) is 0.834. The summed E-state index contributed by atoms with van der Waals surface area (Å²) in [5, 5.41) is 8.28. The normalized spacial score (nSPS) is 13.0. The fourth-order valence-electron chi connectivity index (χ4n) is 0.974. The molecule has 0 aliphatic carbocycles. The molecule has 0 unspecified atom stereocenters. The van der Waals surface area contributed by atoms with Crippen LogP contribution in [0.25, 0.3) is 0 Å². The first-order valence-electron chi connectivity index (χ1n) is 3.57. The molecule has 2 nitrogen and oxygen atoms in total. The molecule has 0 heterocycles. The SMILES string of the molecule is N[C@H](CO)c1c(F)ccc(F)c1Cl. The molecule has 1 aromatic rings. The van der Waals surface area contributed by atoms with E-state index < -0.39 is 24.3 Å². The number of halogens is 3. The van der Waals surface area contributed by atoms with E-state index >= 15 is 0 Å². The van der Waals surface area contributed by atoms with Gasteiger partial charge in [0.05, 0.1) is 17.7 Å². The van der Waals surface area contributed by atoms with Crippen molar-refractivity contribution >= 4 is 11.6 Å². The molecule has 72 valence electrons. The van der Waals surface area contributed by atoms with Crippen LogP contribution in [0.3, 0.4) is 0 Å². The second kappa shape index (κ2) is 4.00. The zero-order valence-corrected chi connectivity index (χ0v) is 7.35. The van der Waals surface area contributed by atoms with Crippen LogP contribution in [0.5, 0.6) is 0 Å². The van der Waals surface area contributed by atoms with E-state index in [4.69, 9.17) is 22.4 Å². The summed E-state index contributed by atoms with van der Waals surface area (Å²) in [5.74, 6) is -1.46. The first-order chi connectivity index (χ1) is 6.07. The van der Waals surface area contributed by atoms with E-state index in [1.807, 2.05) is 0 Å². The number of aliphatic hydroxyl groups is 1. The lowest BCUT2D eigenvalue weighted by Gasteiger charge is -2.11. The molecule has 1 rings (SSSR count). The molecule has 1 aromatic carbocycles. The molecule has 0 saturated heterocycles. The highest BCUT2D eigenvalue weighted by Crippen LogP contribution is 2.26. The largest absolute Gasteiger partial charge is 0.394 e. The molecule has 0 saturated carbocycles. The Kier molecular flexibility index (Phi) is 3.19. The molecule has 13 heavy (non-hydrogen) atoms. The van der Waals surface area contributed by atoms with Gasteiger partial charge in [-0.1, -0.05) is 11.6 Å². The van der Waals surface area contributed by atoms with Crippen molar-refractivity contribution in [1.29, 1.82) is 0 Å². The maximum atomic E-state index is 13.0. The van der Waals surface area contributed by atoms with Crippen LogP contribution in [0.4, 0.5) is 8.78 Å². The second-order valence-electron chi connectivity index (χ2n) is 2.55. The van der Waals surface area contributed by atoms with Gasteiger partial charge in [0.2, 0.25) is 0 Å². The number of hydrogen-bond donors (Lipinski definition) is 2. The standard InChI is InChI=1S/C8H8ClF2NO/c9-8-5(11)2-1-4(10)7(8)6(12)3-13/h1-2,6,13H,3,12H2/t6-/m1/s1. The quantitative estimate of drug-likeness (QED) is 0.724. The molecule has 0 bridgehead atoms. The minimum atomic E-state index is -0.997. The summed E-state index contributed by atoms with van der Waals surface area (Å²) >= 11 is 5.47. The van der Waals surface area contributed by atoms with E-state index in [-0.39, 0.29) is 10.6 Å². The molecular weight excluding hydrogens is 200 g/mol. The van der Waals surface area contributed by atoms with E-state index in [1.54, 1.807) is 0 Å². The number of nitrogens with two attached hydrogens (primary N) is 1. The van der Waals surface area contributed by atoms with Gasteiger partial charge in [-0.2, -0.15) is 0 Å². The van der Waals surface area contributed by atoms with Gasteiger partial charge in [0.15, 0.2) is 0 Å². The summed E-state index contributed by atoms with van der Waals surface area (Å²) in [7, 11) is 0. The molecule has 0 fully saturated rings. The Hall–Kier alpha value is -0.710. The van der Waals surface area contributed by atoms with Crippen molar-refractivity contribution in [3.63, 3.8) is 0 Å². The Labute approximate surface area is 78.9 Å². The monoisotopic (exact) mass is 207 g/mol. The molecule has 5 heteroatoms. The van der Waals surface area contributed by atoms with Gasteiger partial charge in [-0.05, 0) is 12.1 Å². The third-order valence-corrected chi connectivity index (χ3v) is 2.03. The number of rotatable bonds is 2. The summed E-state index contributed by atoms with van der Waals surface area (Å²) in [6.45, 7) is -0.486. The maximum Gasteiger partial charge on any atom is 0.142 e. The van der Waals surface area contributed by atoms with Crippen LogP contribution in [-0.4, -0.2) is 11.7 Å². The lowest BCUT2D eigenvalue weighted by Crippen LogP contribution is -2.17. The Bertz CT molecular complexity index is 319. The van der Waals surface area contributed by atoms with Crippen LogP contribution in [0.2, 0.25) is 5.02 Å². The van der Waals surface area contributed by atoms with E-state index in [9.17, 15) is 8.78 Å². The average Bonchev–Trinajstić information content (AvgIpc) is 2.12. The van der Waals surface area contributed by atoms with Crippen LogP contribution < -0.4 is 5.73 Å². The number of aliphatic hydroxyl groups excluding tert-OH is 1. The minimum absolute atomic E-state index is 0.191. The lowest BCUT2D eigenvalue weighted by atomic mass is 10.1. The minimum Gasteiger partial charge on any atom is -0.394 e. The van der Waals surface area contributed by atoms with Gasteiger partial charge in [-0.15, -0.1) is 0 Å². The maximum absolute atomic E-state index is 13.0. The molecule has 0 radical (unpaired) electrons. The van der Waals surface area contributed by atoms with Crippen molar-refractivity contribution in [3.05, 3.63) is 34.4 Å². The summed E-state index contributed by atoms with van der Waals surface area (Å²) < 4.78 is 25.8. The Morgan fingerprint density at radius 1 is 1.38 bits per heavy atom. The predicted octanol–water partition coefficient (Wildman–Crippen LogP) is 1.61. The van der Waals surface area contributed by atoms with E-state index in [1.165, 1.54) is 0 Å². The van der Waals surface area contributed by atoms with Gasteiger partial charge >= 0.3 is 0 Å². The van der Waals surface area contributed by atoms with Crippen molar-refractivity contribution in [3.8, 4) is 0 Å². The highest BCUT2D eigenvalue weighted by molar-refractivity contribution is 6.31. The lowest BCUT2D eigenvalue weighted by molar-refractivity contribution is 0.265. The van der Waals surface area contributed by atoms with Gasteiger partial charge in [0, 0.05) is 5.56 Å². The smallest absolute Gasteiger partial charge is 0.142 e. The Morgan fingerprint density at radius 2 is 1.92 bits per heavy atom. The van der Waals surface area contributed by atoms with Gasteiger partial charge in [-0.3, -0.25) is 0 Å². The molecule has 0 aliphatic rings. The molecule has 3 N–H and O–H groups in total. The fourth-order valence-corrected chi connectivity index (χ4v) is 1.27. The highest BCUT2D eigenvalue weighted by atomic mass is 35.5. The summed E-state index contributed by atoms with van der Waals surface area (Å²) in [6.07, 6.45) is 0. The van der Waals surface area contributed by atoms with Crippen LogP contribution in [0.1, 0.15) is 11.6 Å². The van der Waals surface area contributed by atoms with Crippen molar-refractivity contribution in [2.24, 2.45) is 5.73 Å². The summed E-state index contributed by atoms with van der Waals surface area (Å²) in [5.41, 5.74) is 5.13. The predicted molar refractivity (Wildman–Crippen MR) is 45.4 cm³/mol. The number of benzene rings is 1. The zero-order chi connectivity index (χ0) is 10.0. The second-order valence-corrected chi connectivity index (χ2v) is 2.92. The van der Waals surface area contributed by atoms with E-state index in [0.717, 1.165) is 12.1 Å². The first-order valence-corrected chi connectivity index (χ1v) is 3.95. The fraction of sp³-hybridized carbons (Fsp3) is 0.250. The topological polar surface area (TPSA) is 46.2 Å². The zero-order valence-electron chi connectivity index (χ0n) is 6.60. The van der Waals surface area contributed by atoms with E-state index in [2.05, 4.69) is 0 Å². The van der Waals surface area contributed by atoms with E-state index in [0.29, 0.717) is 0 Å². The molecule has 0 aliphatic heterocycles. The average molecular weight is 208 g/mol. The van der Waals surface area contributed by atoms with Crippen LogP contribution in [-0.2, 0) is 0 Å². The molecule has 0 aromatic heterocycles. The van der Waals surface area contributed by atoms with Crippen LogP contribution in [0.15, 0.2) is 12.1 Å². The molecule has 0 spiro atoms. The van der Waals surface area contributed by atoms with Crippen LogP contribution in [0, 0.1) is 11.6 Å². The van der Waals surface area contributed by atoms with Crippen molar-refractivity contribution in [2.75, 3.05) is 6.61 Å². The molecule has 1 atom stereocenters. The van der Waals surface area contributed by atoms with Crippen molar-refractivity contribution < 1.29 is 13.9 Å². The van der Waals surface area contributed by atoms with Gasteiger partial charge < -0.3 is 10.8 Å². The van der Waals surface area contributed by atoms with Gasteiger partial charge in [0.1, 0.15) is 11.6 Å².